The number of hydrogen-bond donors (Lipinski definition) is 0. The van der Waals surface area contributed by atoms with Crippen molar-refractivity contribution >= 4 is 23.5 Å². The highest BCUT2D eigenvalue weighted by molar-refractivity contribution is 6.09. The Morgan fingerprint density at radius 1 is 1.02 bits per heavy atom. The molecule has 3 aliphatic rings. The fourth-order valence-corrected chi connectivity index (χ4v) is 7.87. The molecule has 1 unspecified atom stereocenters. The van der Waals surface area contributed by atoms with Gasteiger partial charge < -0.3 is 14.2 Å². The van der Waals surface area contributed by atoms with Crippen LogP contribution >= 0.6 is 0 Å². The summed E-state index contributed by atoms with van der Waals surface area (Å²) in [7, 11) is 0. The minimum absolute atomic E-state index is 0.0874. The molecule has 3 fully saturated rings. The van der Waals surface area contributed by atoms with E-state index in [9.17, 15) is 20.1 Å². The van der Waals surface area contributed by atoms with Crippen LogP contribution < -0.4 is 4.90 Å². The Bertz CT molecular complexity index is 2050. The SMILES string of the molecule is CC(C)(C)OC(=O)N(C(=O)OC(C)(C)C)c1cc(-c2cn3nccc3c(-c3cnn(C4(CC#N)CC5(CC(C#N)C5)C4)c3)n2)nn1C1CCCCO1. The number of rotatable bonds is 6. The molecule has 2 saturated carbocycles. The van der Waals surface area contributed by atoms with Crippen molar-refractivity contribution in [3.05, 3.63) is 36.9 Å². The first-order chi connectivity index (χ1) is 24.6. The van der Waals surface area contributed by atoms with Crippen LogP contribution in [0.3, 0.4) is 0 Å². The van der Waals surface area contributed by atoms with Crippen molar-refractivity contribution in [2.24, 2.45) is 11.3 Å². The molecule has 0 bridgehead atoms. The number of fused-ring (bicyclic) bond motifs is 1. The molecule has 1 aliphatic heterocycles. The van der Waals surface area contributed by atoms with E-state index in [-0.39, 0.29) is 17.2 Å². The number of imide groups is 1. The highest BCUT2D eigenvalue weighted by atomic mass is 16.6. The minimum atomic E-state index is -0.914. The molecule has 2 amide bonds. The Morgan fingerprint density at radius 2 is 1.73 bits per heavy atom. The van der Waals surface area contributed by atoms with Gasteiger partial charge in [0.15, 0.2) is 12.0 Å². The largest absolute Gasteiger partial charge is 0.443 e. The number of nitriles is 2. The van der Waals surface area contributed by atoms with Gasteiger partial charge in [0.1, 0.15) is 22.6 Å². The molecule has 4 aromatic rings. The van der Waals surface area contributed by atoms with Gasteiger partial charge in [-0.25, -0.2) is 23.8 Å². The van der Waals surface area contributed by atoms with Gasteiger partial charge in [0.25, 0.3) is 0 Å². The van der Waals surface area contributed by atoms with E-state index < -0.39 is 35.2 Å². The van der Waals surface area contributed by atoms with Crippen LogP contribution in [0.25, 0.3) is 28.2 Å². The van der Waals surface area contributed by atoms with Gasteiger partial charge in [-0.3, -0.25) is 4.68 Å². The first kappa shape index (κ1) is 35.1. The second kappa shape index (κ2) is 12.7. The number of anilines is 1. The summed E-state index contributed by atoms with van der Waals surface area (Å²) >= 11 is 0. The highest BCUT2D eigenvalue weighted by Gasteiger charge is 2.61. The van der Waals surface area contributed by atoms with Crippen LogP contribution in [0, 0.1) is 34.0 Å². The zero-order valence-electron chi connectivity index (χ0n) is 30.5. The van der Waals surface area contributed by atoms with Crippen LogP contribution in [0.1, 0.15) is 99.1 Å². The van der Waals surface area contributed by atoms with Crippen molar-refractivity contribution in [3.8, 4) is 34.8 Å². The molecule has 0 N–H and O–H groups in total. The number of aromatic nitrogens is 7. The van der Waals surface area contributed by atoms with E-state index in [1.165, 1.54) is 4.68 Å². The van der Waals surface area contributed by atoms with Crippen LogP contribution in [0.2, 0.25) is 0 Å². The molecule has 0 aromatic carbocycles. The van der Waals surface area contributed by atoms with Crippen LogP contribution in [-0.4, -0.2) is 64.2 Å². The summed E-state index contributed by atoms with van der Waals surface area (Å²) in [6, 6.07) is 8.21. The molecule has 0 radical (unpaired) electrons. The Morgan fingerprint density at radius 3 is 2.35 bits per heavy atom. The standard InChI is InChI=1S/C37H44N10O5/c1-34(2,3)51-32(48)46(33(49)52-35(4,5)6)29-15-26(43-47(29)30-9-7-8-14-50-30)27-21-44-28(10-13-40-44)31(42-27)25-19-41-45(20-25)37(11-12-38)22-36(23-37)16-24(17-36)18-39/h10,13,15,19-21,24,30H,7-9,11,14,16-17,22-23H2,1-6H3. The summed E-state index contributed by atoms with van der Waals surface area (Å²) in [5, 5.41) is 33.3. The molecule has 5 heterocycles. The van der Waals surface area contributed by atoms with Crippen LogP contribution in [0.4, 0.5) is 15.4 Å². The quantitative estimate of drug-likeness (QED) is 0.198. The van der Waals surface area contributed by atoms with Crippen LogP contribution in [0.5, 0.6) is 0 Å². The minimum Gasteiger partial charge on any atom is -0.443 e. The molecule has 272 valence electrons. The molecular weight excluding hydrogens is 664 g/mol. The average Bonchev–Trinajstić information content (AvgIpc) is 3.80. The first-order valence-electron chi connectivity index (χ1n) is 17.8. The van der Waals surface area contributed by atoms with Gasteiger partial charge >= 0.3 is 12.2 Å². The summed E-state index contributed by atoms with van der Waals surface area (Å²) in [6.45, 7) is 10.8. The molecule has 7 rings (SSSR count). The number of hydrogen-bond acceptors (Lipinski definition) is 11. The topological polar surface area (TPSA) is 178 Å². The van der Waals surface area contributed by atoms with E-state index in [2.05, 4.69) is 17.2 Å². The van der Waals surface area contributed by atoms with Crippen molar-refractivity contribution in [2.75, 3.05) is 11.5 Å². The molecule has 1 saturated heterocycles. The zero-order chi connectivity index (χ0) is 37.1. The van der Waals surface area contributed by atoms with Gasteiger partial charge in [0, 0.05) is 30.4 Å². The molecular formula is C37H44N10O5. The highest BCUT2D eigenvalue weighted by Crippen LogP contribution is 2.66. The maximum Gasteiger partial charge on any atom is 0.425 e. The number of amides is 2. The molecule has 15 heteroatoms. The third-order valence-electron chi connectivity index (χ3n) is 9.88. The van der Waals surface area contributed by atoms with Crippen LogP contribution in [0.15, 0.2) is 36.9 Å². The monoisotopic (exact) mass is 708 g/mol. The number of nitrogens with zero attached hydrogens (tertiary/aromatic N) is 10. The van der Waals surface area contributed by atoms with Gasteiger partial charge in [0.2, 0.25) is 0 Å². The van der Waals surface area contributed by atoms with Crippen molar-refractivity contribution in [2.45, 2.75) is 116 Å². The van der Waals surface area contributed by atoms with E-state index in [0.29, 0.717) is 36.5 Å². The Kier molecular flexibility index (Phi) is 8.61. The summed E-state index contributed by atoms with van der Waals surface area (Å²) < 4.78 is 22.6. The number of carbonyl (C=O) groups is 2. The van der Waals surface area contributed by atoms with E-state index in [1.54, 1.807) is 70.7 Å². The average molecular weight is 709 g/mol. The molecule has 1 atom stereocenters. The predicted octanol–water partition coefficient (Wildman–Crippen LogP) is 7.15. The number of carbonyl (C=O) groups excluding carboxylic acids is 2. The lowest BCUT2D eigenvalue weighted by atomic mass is 9.45. The third-order valence-corrected chi connectivity index (χ3v) is 9.88. The summed E-state index contributed by atoms with van der Waals surface area (Å²) in [4.78, 5) is 33.4. The molecule has 15 nitrogen and oxygen atoms in total. The van der Waals surface area contributed by atoms with E-state index in [1.807, 2.05) is 16.9 Å². The van der Waals surface area contributed by atoms with Gasteiger partial charge in [0.05, 0.1) is 53.9 Å². The molecule has 1 spiro atoms. The maximum atomic E-state index is 13.7. The van der Waals surface area contributed by atoms with Crippen molar-refractivity contribution in [1.29, 1.82) is 10.5 Å². The van der Waals surface area contributed by atoms with E-state index in [4.69, 9.17) is 29.4 Å². The normalized spacial score (nSPS) is 24.4. The fraction of sp³-hybridized carbons (Fsp3) is 0.568. The lowest BCUT2D eigenvalue weighted by Gasteiger charge is -2.61. The fourth-order valence-electron chi connectivity index (χ4n) is 7.87. The summed E-state index contributed by atoms with van der Waals surface area (Å²) in [5.41, 5.74) is 0.708. The lowest BCUT2D eigenvalue weighted by Crippen LogP contribution is -2.58. The summed E-state index contributed by atoms with van der Waals surface area (Å²) in [5.74, 6) is 0.207. The number of ether oxygens (including phenoxy) is 3. The zero-order valence-corrected chi connectivity index (χ0v) is 30.5. The van der Waals surface area contributed by atoms with Gasteiger partial charge in [-0.05, 0) is 98.0 Å². The molecule has 4 aromatic heterocycles. The lowest BCUT2D eigenvalue weighted by molar-refractivity contribution is -0.108. The van der Waals surface area contributed by atoms with Gasteiger partial charge in [-0.1, -0.05) is 0 Å². The predicted molar refractivity (Wildman–Crippen MR) is 187 cm³/mol. The first-order valence-corrected chi connectivity index (χ1v) is 17.8. The van der Waals surface area contributed by atoms with E-state index in [0.717, 1.165) is 54.5 Å². The molecule has 2 aliphatic carbocycles. The summed E-state index contributed by atoms with van der Waals surface area (Å²) in [6.07, 6.45) is 10.7. The van der Waals surface area contributed by atoms with Gasteiger partial charge in [-0.2, -0.15) is 30.7 Å². The smallest absolute Gasteiger partial charge is 0.425 e. The van der Waals surface area contributed by atoms with Crippen molar-refractivity contribution in [1.82, 2.24) is 34.2 Å². The maximum absolute atomic E-state index is 13.7. The second-order valence-corrected chi connectivity index (χ2v) is 16.4. The van der Waals surface area contributed by atoms with Crippen LogP contribution in [-0.2, 0) is 19.7 Å². The second-order valence-electron chi connectivity index (χ2n) is 16.4. The van der Waals surface area contributed by atoms with Crippen molar-refractivity contribution in [3.63, 3.8) is 0 Å². The third kappa shape index (κ3) is 6.61. The Hall–Kier alpha value is -5.28. The van der Waals surface area contributed by atoms with Gasteiger partial charge in [-0.15, -0.1) is 0 Å². The van der Waals surface area contributed by atoms with E-state index >= 15 is 0 Å². The van der Waals surface area contributed by atoms with Crippen molar-refractivity contribution < 1.29 is 23.8 Å². The molecule has 52 heavy (non-hydrogen) atoms. The Labute approximate surface area is 302 Å². The Balaban J connectivity index is 1.29.